The molecule has 0 spiro atoms. The fourth-order valence-corrected chi connectivity index (χ4v) is 3.91. The van der Waals surface area contributed by atoms with Crippen LogP contribution in [0.2, 0.25) is 0 Å². The van der Waals surface area contributed by atoms with Crippen molar-refractivity contribution in [1.82, 2.24) is 0 Å². The average molecular weight is 429 g/mol. The summed E-state index contributed by atoms with van der Waals surface area (Å²) >= 11 is 0. The van der Waals surface area contributed by atoms with Gasteiger partial charge in [-0.2, -0.15) is 8.42 Å². The zero-order valence-electron chi connectivity index (χ0n) is 17.9. The van der Waals surface area contributed by atoms with Gasteiger partial charge in [-0.25, -0.2) is 0 Å². The van der Waals surface area contributed by atoms with E-state index >= 15 is 0 Å². The predicted molar refractivity (Wildman–Crippen MR) is 104 cm³/mol. The van der Waals surface area contributed by atoms with Gasteiger partial charge < -0.3 is 14.1 Å². The summed E-state index contributed by atoms with van der Waals surface area (Å²) in [5, 5.41) is 10.2. The minimum absolute atomic E-state index is 0. The van der Waals surface area contributed by atoms with Gasteiger partial charge in [-0.15, -0.1) is 0 Å². The molecule has 0 bridgehead atoms. The van der Waals surface area contributed by atoms with Crippen molar-refractivity contribution in [2.24, 2.45) is 0 Å². The molecule has 0 aromatic carbocycles. The Labute approximate surface area is 193 Å². The second-order valence-corrected chi connectivity index (χ2v) is 8.88. The average Bonchev–Trinajstić information content (AvgIpc) is 2.60. The number of carboxylic acids is 1. The Morgan fingerprint density at radius 3 is 1.50 bits per heavy atom. The molecule has 6 nitrogen and oxygen atoms in total. The molecule has 28 heavy (non-hydrogen) atoms. The third kappa shape index (κ3) is 22.2. The molecule has 0 atom stereocenters. The first kappa shape index (κ1) is 30.1. The third-order valence-electron chi connectivity index (χ3n) is 4.50. The van der Waals surface area contributed by atoms with Crippen LogP contribution in [0.4, 0.5) is 0 Å². The topological polar surface area (TPSA) is 101 Å². The molecule has 0 unspecified atom stereocenters. The minimum atomic E-state index is -3.91. The summed E-state index contributed by atoms with van der Waals surface area (Å²) < 4.78 is 27.5. The van der Waals surface area contributed by atoms with Gasteiger partial charge in [-0.05, 0) is 12.8 Å². The number of aliphatic carboxylic acids is 1. The number of carbonyl (C=O) groups is 2. The second-order valence-electron chi connectivity index (χ2n) is 7.19. The third-order valence-corrected chi connectivity index (χ3v) is 5.73. The Morgan fingerprint density at radius 2 is 1.11 bits per heavy atom. The van der Waals surface area contributed by atoms with Crippen LogP contribution in [-0.2, 0) is 23.9 Å². The van der Waals surface area contributed by atoms with Crippen molar-refractivity contribution < 1.29 is 56.9 Å². The summed E-state index contributed by atoms with van der Waals surface area (Å²) in [7, 11) is -3.91. The van der Waals surface area contributed by atoms with E-state index in [-0.39, 0.29) is 35.3 Å². The number of carbonyl (C=O) groups excluding carboxylic acids is 2. The SMILES string of the molecule is CCCCCCCCCCCCCCCCS(=O)(=O)OC(=O)CCC(=O)[O-].[Na+]. The maximum absolute atomic E-state index is 11.6. The Morgan fingerprint density at radius 1 is 0.714 bits per heavy atom. The van der Waals surface area contributed by atoms with Crippen LogP contribution in [0.25, 0.3) is 0 Å². The van der Waals surface area contributed by atoms with Crippen LogP contribution in [0, 0.1) is 0 Å². The fraction of sp³-hybridized carbons (Fsp3) is 0.900. The molecule has 0 radical (unpaired) electrons. The molecule has 0 heterocycles. The van der Waals surface area contributed by atoms with E-state index in [2.05, 4.69) is 11.1 Å². The number of unbranched alkanes of at least 4 members (excludes halogenated alkanes) is 13. The van der Waals surface area contributed by atoms with Crippen LogP contribution in [0.3, 0.4) is 0 Å². The molecule has 0 aromatic rings. The smallest absolute Gasteiger partial charge is 0.550 e. The number of carboxylic acid groups (broad SMARTS) is 1. The first-order chi connectivity index (χ1) is 12.9. The Kier molecular flexibility index (Phi) is 21.7. The molecule has 0 saturated carbocycles. The van der Waals surface area contributed by atoms with Crippen LogP contribution in [0.5, 0.6) is 0 Å². The summed E-state index contributed by atoms with van der Waals surface area (Å²) in [4.78, 5) is 21.4. The minimum Gasteiger partial charge on any atom is -0.550 e. The van der Waals surface area contributed by atoms with Crippen molar-refractivity contribution in [2.75, 3.05) is 5.75 Å². The van der Waals surface area contributed by atoms with Crippen LogP contribution in [0.1, 0.15) is 110 Å². The molecular formula is C20H37NaO6S. The van der Waals surface area contributed by atoms with Crippen LogP contribution >= 0.6 is 0 Å². The van der Waals surface area contributed by atoms with Crippen LogP contribution in [-0.4, -0.2) is 26.1 Å². The van der Waals surface area contributed by atoms with Crippen molar-refractivity contribution >= 4 is 22.1 Å². The van der Waals surface area contributed by atoms with Crippen molar-refractivity contribution in [1.29, 1.82) is 0 Å². The normalized spacial score (nSPS) is 11.0. The van der Waals surface area contributed by atoms with E-state index < -0.39 is 34.9 Å². The first-order valence-electron chi connectivity index (χ1n) is 10.5. The van der Waals surface area contributed by atoms with Crippen LogP contribution in [0.15, 0.2) is 0 Å². The van der Waals surface area contributed by atoms with Crippen LogP contribution < -0.4 is 34.7 Å². The largest absolute Gasteiger partial charge is 1.00 e. The molecule has 0 aliphatic heterocycles. The second kappa shape index (κ2) is 20.2. The van der Waals surface area contributed by atoms with Gasteiger partial charge in [-0.3, -0.25) is 4.79 Å². The van der Waals surface area contributed by atoms with Gasteiger partial charge in [0.1, 0.15) is 0 Å². The quantitative estimate of drug-likeness (QED) is 0.172. The van der Waals surface area contributed by atoms with Gasteiger partial charge in [-0.1, -0.05) is 90.4 Å². The van der Waals surface area contributed by atoms with Gasteiger partial charge in [0.25, 0.3) is 0 Å². The maximum atomic E-state index is 11.6. The van der Waals surface area contributed by atoms with Crippen molar-refractivity contribution in [2.45, 2.75) is 110 Å². The van der Waals surface area contributed by atoms with Gasteiger partial charge in [0.2, 0.25) is 0 Å². The van der Waals surface area contributed by atoms with Crippen molar-refractivity contribution in [3.63, 3.8) is 0 Å². The molecule has 0 rings (SSSR count). The summed E-state index contributed by atoms with van der Waals surface area (Å²) in [6, 6.07) is 0. The van der Waals surface area contributed by atoms with E-state index in [1.807, 2.05) is 0 Å². The van der Waals surface area contributed by atoms with Gasteiger partial charge in [0.05, 0.1) is 12.2 Å². The molecule has 0 N–H and O–H groups in total. The Hall–Kier alpha value is -0.110. The van der Waals surface area contributed by atoms with Gasteiger partial charge in [0.15, 0.2) is 0 Å². The number of hydrogen-bond acceptors (Lipinski definition) is 6. The van der Waals surface area contributed by atoms with E-state index in [0.717, 1.165) is 19.3 Å². The Balaban J connectivity index is 0. The van der Waals surface area contributed by atoms with Gasteiger partial charge >= 0.3 is 45.6 Å². The zero-order valence-corrected chi connectivity index (χ0v) is 20.7. The monoisotopic (exact) mass is 428 g/mol. The standard InChI is InChI=1S/C20H38O6S.Na/c1-2-3-4-5-6-7-8-9-10-11-12-13-14-15-18-27(24,25)26-20(23)17-16-19(21)22;/h2-18H2,1H3,(H,21,22);/q;+1/p-1. The molecule has 0 aliphatic carbocycles. The fourth-order valence-electron chi connectivity index (χ4n) is 2.90. The van der Waals surface area contributed by atoms with E-state index in [1.165, 1.54) is 64.2 Å². The number of hydrogen-bond donors (Lipinski definition) is 0. The summed E-state index contributed by atoms with van der Waals surface area (Å²) in [6.45, 7) is 2.23. The van der Waals surface area contributed by atoms with Gasteiger partial charge in [0, 0.05) is 5.97 Å². The first-order valence-corrected chi connectivity index (χ1v) is 12.1. The summed E-state index contributed by atoms with van der Waals surface area (Å²) in [5.41, 5.74) is 0. The van der Waals surface area contributed by atoms with E-state index in [4.69, 9.17) is 0 Å². The van der Waals surface area contributed by atoms with E-state index in [0.29, 0.717) is 6.42 Å². The molecule has 160 valence electrons. The molecule has 0 fully saturated rings. The molecule has 0 saturated heterocycles. The van der Waals surface area contributed by atoms with Crippen molar-refractivity contribution in [3.05, 3.63) is 0 Å². The van der Waals surface area contributed by atoms with E-state index in [9.17, 15) is 23.1 Å². The van der Waals surface area contributed by atoms with Crippen molar-refractivity contribution in [3.8, 4) is 0 Å². The van der Waals surface area contributed by atoms with E-state index in [1.54, 1.807) is 0 Å². The Bertz CT molecular complexity index is 493. The molecule has 8 heteroatoms. The molecule has 0 aliphatic rings. The summed E-state index contributed by atoms with van der Waals surface area (Å²) in [6.07, 6.45) is 15.4. The number of rotatable bonds is 19. The molecule has 0 aromatic heterocycles. The predicted octanol–water partition coefficient (Wildman–Crippen LogP) is 0.875. The summed E-state index contributed by atoms with van der Waals surface area (Å²) in [5.74, 6) is -2.65. The molecule has 0 amide bonds. The molecular weight excluding hydrogens is 391 g/mol. The zero-order chi connectivity index (χ0) is 20.4. The maximum Gasteiger partial charge on any atom is 1.00 e.